The molecule has 29 nitrogen and oxygen atoms in total. The van der Waals surface area contributed by atoms with Gasteiger partial charge >= 0.3 is 5.97 Å². The number of primary amides is 2. The number of carbonyl (C=O) groups excluding carboxylic acids is 11. The van der Waals surface area contributed by atoms with Gasteiger partial charge in [0.2, 0.25) is 59.1 Å². The number of ketones is 1. The second kappa shape index (κ2) is 40.4. The van der Waals surface area contributed by atoms with Crippen LogP contribution in [0.25, 0.3) is 0 Å². The number of carboxylic acid groups (broad SMARTS) is 1. The van der Waals surface area contributed by atoms with E-state index in [4.69, 9.17) is 40.1 Å². The number of unbranched alkanes of at least 4 members (excludes halogenated alkanes) is 2. The van der Waals surface area contributed by atoms with Crippen LogP contribution in [0, 0.1) is 11.8 Å². The van der Waals surface area contributed by atoms with Crippen molar-refractivity contribution >= 4 is 89.4 Å². The lowest BCUT2D eigenvalue weighted by molar-refractivity contribution is -0.143. The molecule has 4 rings (SSSR count). The number of thiol groups is 1. The molecule has 1 aromatic carbocycles. The summed E-state index contributed by atoms with van der Waals surface area (Å²) in [5.41, 5.74) is 41.3. The number of likely N-dealkylation sites (tertiary alicyclic amines) is 1. The Morgan fingerprint density at radius 3 is 1.60 bits per heavy atom. The molecule has 0 unspecified atom stereocenters. The third-order valence-electron chi connectivity index (χ3n) is 16.9. The molecule has 9 atom stereocenters. The van der Waals surface area contributed by atoms with E-state index in [1.54, 1.807) is 24.3 Å². The number of hydrogen-bond acceptors (Lipinski definition) is 17. The number of carboxylic acids is 1. The van der Waals surface area contributed by atoms with Crippen molar-refractivity contribution in [2.24, 2.45) is 57.0 Å². The fourth-order valence-electron chi connectivity index (χ4n) is 11.9. The van der Waals surface area contributed by atoms with Gasteiger partial charge in [-0.2, -0.15) is 12.6 Å². The van der Waals surface area contributed by atoms with Crippen molar-refractivity contribution in [2.45, 2.75) is 221 Å². The molecule has 1 saturated heterocycles. The van der Waals surface area contributed by atoms with Crippen LogP contribution in [0.1, 0.15) is 176 Å². The van der Waals surface area contributed by atoms with Gasteiger partial charge in [-0.05, 0) is 126 Å². The van der Waals surface area contributed by atoms with Gasteiger partial charge in [0.25, 0.3) is 0 Å². The zero-order valence-corrected chi connectivity index (χ0v) is 53.2. The first-order valence-corrected chi connectivity index (χ1v) is 32.7. The summed E-state index contributed by atoms with van der Waals surface area (Å²) in [6.45, 7) is 0.564. The molecule has 22 N–H and O–H groups in total. The molecule has 2 saturated carbocycles. The van der Waals surface area contributed by atoms with Gasteiger partial charge in [-0.15, -0.1) is 0 Å². The van der Waals surface area contributed by atoms with Gasteiger partial charge in [0, 0.05) is 25.1 Å². The SMILES string of the molecule is NCCCC[C@H](NC(=O)[C@H](CC(=O)O)NC(=O)[C@H](CC(N)=O)NC(=O)[C@@H]1CCCN1C(=O)[C@H](CCCCN)NC(=O)[C@H](CCCN=C(N)N)NC(=O)[C@H](CC1CCCCC1)NC(=O)[C@H](CC1CCCCC1)NC(=O)[C@@H](N)Cc1cccc(C(=O)CCS)c1)C(N)=O. The fraction of sp³-hybridized carbons (Fsp3) is 0.689. The van der Waals surface area contributed by atoms with E-state index in [0.717, 1.165) is 64.2 Å². The van der Waals surface area contributed by atoms with Crippen LogP contribution in [0.15, 0.2) is 29.3 Å². The Morgan fingerprint density at radius 1 is 0.571 bits per heavy atom. The van der Waals surface area contributed by atoms with Crippen molar-refractivity contribution < 1.29 is 62.6 Å². The summed E-state index contributed by atoms with van der Waals surface area (Å²) in [5.74, 6) is -9.99. The Hall–Kier alpha value is -7.44. The van der Waals surface area contributed by atoms with Gasteiger partial charge in [-0.25, -0.2) is 0 Å². The third kappa shape index (κ3) is 27.1. The number of aliphatic imine (C=N–C) groups is 1. The summed E-state index contributed by atoms with van der Waals surface area (Å²) in [6, 6.07) is -5.37. The highest BCUT2D eigenvalue weighted by atomic mass is 32.1. The van der Waals surface area contributed by atoms with Gasteiger partial charge in [0.1, 0.15) is 48.3 Å². The van der Waals surface area contributed by atoms with Crippen molar-refractivity contribution in [3.8, 4) is 0 Å². The molecule has 10 amide bonds. The molecule has 3 aliphatic rings. The number of benzene rings is 1. The molecule has 508 valence electrons. The van der Waals surface area contributed by atoms with E-state index in [2.05, 4.69) is 54.8 Å². The molecule has 0 bridgehead atoms. The van der Waals surface area contributed by atoms with Crippen LogP contribution in [0.4, 0.5) is 0 Å². The van der Waals surface area contributed by atoms with Crippen LogP contribution in [0.3, 0.4) is 0 Å². The van der Waals surface area contributed by atoms with Crippen LogP contribution in [-0.4, -0.2) is 173 Å². The average Bonchev–Trinajstić information content (AvgIpc) is 1.95. The Balaban J connectivity index is 1.60. The van der Waals surface area contributed by atoms with E-state index in [9.17, 15) is 62.6 Å². The lowest BCUT2D eigenvalue weighted by Gasteiger charge is -2.32. The predicted molar refractivity (Wildman–Crippen MR) is 343 cm³/mol. The number of guanidine groups is 1. The summed E-state index contributed by atoms with van der Waals surface area (Å²) in [4.78, 5) is 169. The molecule has 0 radical (unpaired) electrons. The van der Waals surface area contributed by atoms with Crippen LogP contribution < -0.4 is 77.4 Å². The molecule has 30 heteroatoms. The predicted octanol–water partition coefficient (Wildman–Crippen LogP) is -1.47. The fourth-order valence-corrected chi connectivity index (χ4v) is 12.1. The summed E-state index contributed by atoms with van der Waals surface area (Å²) >= 11 is 4.17. The van der Waals surface area contributed by atoms with Crippen molar-refractivity contribution in [3.63, 3.8) is 0 Å². The molecule has 1 aromatic rings. The zero-order valence-electron chi connectivity index (χ0n) is 52.3. The first kappa shape index (κ1) is 76.0. The highest BCUT2D eigenvalue weighted by molar-refractivity contribution is 7.80. The molecule has 1 heterocycles. The smallest absolute Gasteiger partial charge is 0.305 e. The van der Waals surface area contributed by atoms with Crippen molar-refractivity contribution in [3.05, 3.63) is 35.4 Å². The van der Waals surface area contributed by atoms with E-state index >= 15 is 0 Å². The topological polar surface area (TPSA) is 507 Å². The lowest BCUT2D eigenvalue weighted by Crippen LogP contribution is -2.60. The molecule has 0 spiro atoms. The largest absolute Gasteiger partial charge is 0.481 e. The van der Waals surface area contributed by atoms with Crippen LogP contribution in [-0.2, 0) is 59.2 Å². The second-order valence-electron chi connectivity index (χ2n) is 24.2. The number of carbonyl (C=O) groups is 12. The molecular formula is C61H100N16O13S. The first-order chi connectivity index (χ1) is 43.4. The number of nitrogens with zero attached hydrogens (tertiary/aromatic N) is 2. The maximum atomic E-state index is 14.9. The molecule has 0 aromatic heterocycles. The Morgan fingerprint density at radius 2 is 1.07 bits per heavy atom. The maximum absolute atomic E-state index is 14.9. The maximum Gasteiger partial charge on any atom is 0.305 e. The monoisotopic (exact) mass is 1300 g/mol. The number of Topliss-reactive ketones (excluding diaryl/α,β-unsaturated/α-hetero) is 1. The van der Waals surface area contributed by atoms with Crippen molar-refractivity contribution in [1.29, 1.82) is 0 Å². The number of aliphatic carboxylic acids is 1. The Kier molecular flexibility index (Phi) is 33.8. The number of nitrogens with two attached hydrogens (primary N) is 7. The van der Waals surface area contributed by atoms with Gasteiger partial charge in [-0.3, -0.25) is 62.5 Å². The van der Waals surface area contributed by atoms with Crippen LogP contribution >= 0.6 is 12.6 Å². The lowest BCUT2D eigenvalue weighted by atomic mass is 9.83. The highest BCUT2D eigenvalue weighted by Gasteiger charge is 2.41. The number of nitrogens with one attached hydrogen (secondary N) is 7. The Bertz CT molecular complexity index is 2650. The summed E-state index contributed by atoms with van der Waals surface area (Å²) in [6.07, 6.45) is 10.1. The normalized spacial score (nSPS) is 17.8. The molecule has 2 aliphatic carbocycles. The molecular weight excluding hydrogens is 1200 g/mol. The molecule has 1 aliphatic heterocycles. The average molecular weight is 1300 g/mol. The van der Waals surface area contributed by atoms with Crippen LogP contribution in [0.2, 0.25) is 0 Å². The van der Waals surface area contributed by atoms with Gasteiger partial charge < -0.3 is 87.4 Å². The minimum atomic E-state index is -1.82. The van der Waals surface area contributed by atoms with E-state index in [-0.39, 0.29) is 114 Å². The molecule has 3 fully saturated rings. The van der Waals surface area contributed by atoms with E-state index in [1.165, 1.54) is 4.90 Å². The first-order valence-electron chi connectivity index (χ1n) is 32.1. The number of rotatable bonds is 41. The number of hydrogen-bond donors (Lipinski definition) is 16. The van der Waals surface area contributed by atoms with Gasteiger partial charge in [0.15, 0.2) is 11.7 Å². The minimum Gasteiger partial charge on any atom is -0.481 e. The van der Waals surface area contributed by atoms with E-state index < -0.39 is 132 Å². The summed E-state index contributed by atoms with van der Waals surface area (Å²) in [5, 5.41) is 28.2. The highest BCUT2D eigenvalue weighted by Crippen LogP contribution is 2.30. The van der Waals surface area contributed by atoms with E-state index in [1.807, 2.05) is 0 Å². The zero-order chi connectivity index (χ0) is 67.0. The third-order valence-corrected chi connectivity index (χ3v) is 17.1. The quantitative estimate of drug-likeness (QED) is 0.0117. The summed E-state index contributed by atoms with van der Waals surface area (Å²) in [7, 11) is 0. The van der Waals surface area contributed by atoms with Crippen LogP contribution in [0.5, 0.6) is 0 Å². The summed E-state index contributed by atoms with van der Waals surface area (Å²) < 4.78 is 0. The Labute approximate surface area is 537 Å². The van der Waals surface area contributed by atoms with Crippen molar-refractivity contribution in [1.82, 2.24) is 42.1 Å². The second-order valence-corrected chi connectivity index (χ2v) is 24.6. The van der Waals surface area contributed by atoms with Gasteiger partial charge in [-0.1, -0.05) is 82.4 Å². The molecule has 91 heavy (non-hydrogen) atoms. The minimum absolute atomic E-state index is 0.00238. The van der Waals surface area contributed by atoms with Gasteiger partial charge in [0.05, 0.1) is 18.9 Å². The number of amides is 10. The van der Waals surface area contributed by atoms with Crippen molar-refractivity contribution in [2.75, 3.05) is 31.9 Å². The van der Waals surface area contributed by atoms with E-state index in [0.29, 0.717) is 42.6 Å². The standard InChI is InChI=1S/C61H100N16O13S/c62-25-9-7-20-41(52(66)82)70-58(88)47(35-51(80)81)75-57(87)46(34-50(65)79)76-59(89)48-23-13-28-77(48)60(90)43(21-8-10-26-63)72-54(84)42(22-12-27-69-61(67)68)71-55(85)45(33-37-16-5-2-6-17-37)74-56(86)44(32-36-14-3-1-4-15-36)73-53(83)40(64)31-38-18-11-19-39(30-38)49(78)24-29-91/h11,18-19,30,36-37,40-48,91H,1-10,12-17,20-29,31-35,62-64H2,(H2,65,79)(H2,66,82)(H,70,88)(H,71,85)(H,72,84)(H,73,83)(H,74,86)(H,75,87)(H,76,89)(H,80,81)(H4,67,68,69)/t40-,41-,42-,43-,44-,45-,46-,47-,48-/m0/s1.